The highest BCUT2D eigenvalue weighted by atomic mass is 16.5. The lowest BCUT2D eigenvalue weighted by atomic mass is 10.1. The van der Waals surface area contributed by atoms with Crippen molar-refractivity contribution in [2.75, 3.05) is 6.61 Å². The molecule has 1 aromatic heterocycles. The van der Waals surface area contributed by atoms with Gasteiger partial charge in [0.25, 0.3) is 0 Å². The van der Waals surface area contributed by atoms with E-state index in [1.165, 1.54) is 0 Å². The smallest absolute Gasteiger partial charge is 0.240 e. The largest absolute Gasteiger partial charge is 0.374 e. The lowest BCUT2D eigenvalue weighted by molar-refractivity contribution is -0.126. The number of benzene rings is 1. The van der Waals surface area contributed by atoms with Gasteiger partial charge in [-0.3, -0.25) is 4.79 Å². The molecule has 2 heterocycles. The molecule has 0 bridgehead atoms. The number of carbonyl (C=O) groups excluding carboxylic acids is 1. The summed E-state index contributed by atoms with van der Waals surface area (Å²) in [4.78, 5) is 12.4. The zero-order chi connectivity index (χ0) is 18.6. The number of ether oxygens (including phenoxy) is 1. The third-order valence-electron chi connectivity index (χ3n) is 4.49. The standard InChI is InChI=1S/C19H27N5O2/c1-19(2,20)18(25)21-15(13-26-12-14-8-4-3-5-9-14)17-23-22-16-10-6-7-11-24(16)17/h3-5,8-9,15H,6-7,10-13,20H2,1-2H3,(H,21,25)/t15-/m1/s1. The van der Waals surface area contributed by atoms with Crippen molar-refractivity contribution < 1.29 is 9.53 Å². The van der Waals surface area contributed by atoms with Gasteiger partial charge in [0.2, 0.25) is 5.91 Å². The highest BCUT2D eigenvalue weighted by Crippen LogP contribution is 2.20. The van der Waals surface area contributed by atoms with Crippen LogP contribution in [-0.4, -0.2) is 32.8 Å². The van der Waals surface area contributed by atoms with Crippen molar-refractivity contribution in [1.82, 2.24) is 20.1 Å². The van der Waals surface area contributed by atoms with Crippen molar-refractivity contribution in [2.45, 2.75) is 57.8 Å². The maximum Gasteiger partial charge on any atom is 0.240 e. The second-order valence-electron chi connectivity index (χ2n) is 7.33. The predicted molar refractivity (Wildman–Crippen MR) is 98.2 cm³/mol. The molecule has 1 atom stereocenters. The highest BCUT2D eigenvalue weighted by molar-refractivity contribution is 5.85. The van der Waals surface area contributed by atoms with Crippen molar-refractivity contribution in [3.8, 4) is 0 Å². The van der Waals surface area contributed by atoms with E-state index in [0.29, 0.717) is 13.2 Å². The number of carbonyl (C=O) groups is 1. The molecule has 1 aromatic carbocycles. The van der Waals surface area contributed by atoms with E-state index in [1.54, 1.807) is 13.8 Å². The fraction of sp³-hybridized carbons (Fsp3) is 0.526. The minimum atomic E-state index is -0.970. The Balaban J connectivity index is 1.73. The Morgan fingerprint density at radius 1 is 1.31 bits per heavy atom. The third kappa shape index (κ3) is 4.47. The van der Waals surface area contributed by atoms with E-state index < -0.39 is 5.54 Å². The van der Waals surface area contributed by atoms with Crippen LogP contribution in [-0.2, 0) is 29.1 Å². The number of nitrogens with zero attached hydrogens (tertiary/aromatic N) is 3. The van der Waals surface area contributed by atoms with Gasteiger partial charge < -0.3 is 20.4 Å². The number of fused-ring (bicyclic) bond motifs is 1. The van der Waals surface area contributed by atoms with E-state index in [4.69, 9.17) is 10.5 Å². The summed E-state index contributed by atoms with van der Waals surface area (Å²) >= 11 is 0. The SMILES string of the molecule is CC(C)(N)C(=O)N[C@H](COCc1ccccc1)c1nnc2n1CCCC2. The average molecular weight is 357 g/mol. The lowest BCUT2D eigenvalue weighted by Gasteiger charge is -2.25. The van der Waals surface area contributed by atoms with Crippen LogP contribution in [0, 0.1) is 0 Å². The van der Waals surface area contributed by atoms with E-state index in [1.807, 2.05) is 30.3 Å². The monoisotopic (exact) mass is 357 g/mol. The number of nitrogens with two attached hydrogens (primary N) is 1. The number of amides is 1. The quantitative estimate of drug-likeness (QED) is 0.787. The number of nitrogens with one attached hydrogen (secondary N) is 1. The van der Waals surface area contributed by atoms with Gasteiger partial charge in [-0.15, -0.1) is 10.2 Å². The van der Waals surface area contributed by atoms with Gasteiger partial charge in [-0.1, -0.05) is 30.3 Å². The molecule has 3 N–H and O–H groups in total. The molecule has 26 heavy (non-hydrogen) atoms. The zero-order valence-electron chi connectivity index (χ0n) is 15.4. The molecule has 0 saturated carbocycles. The number of rotatable bonds is 7. The zero-order valence-corrected chi connectivity index (χ0v) is 15.4. The molecule has 0 radical (unpaired) electrons. The summed E-state index contributed by atoms with van der Waals surface area (Å²) in [5.41, 5.74) is 6.06. The summed E-state index contributed by atoms with van der Waals surface area (Å²) in [7, 11) is 0. The molecular formula is C19H27N5O2. The molecule has 1 aliphatic rings. The second kappa shape index (κ2) is 7.97. The van der Waals surface area contributed by atoms with E-state index in [0.717, 1.165) is 43.0 Å². The Labute approximate surface area is 153 Å². The first-order valence-corrected chi connectivity index (χ1v) is 9.08. The third-order valence-corrected chi connectivity index (χ3v) is 4.49. The Morgan fingerprint density at radius 2 is 2.08 bits per heavy atom. The van der Waals surface area contributed by atoms with Crippen LogP contribution in [0.15, 0.2) is 30.3 Å². The van der Waals surface area contributed by atoms with Crippen LogP contribution >= 0.6 is 0 Å². The summed E-state index contributed by atoms with van der Waals surface area (Å²) in [5, 5.41) is 11.6. The van der Waals surface area contributed by atoms with Crippen LogP contribution in [0.2, 0.25) is 0 Å². The molecule has 1 aliphatic heterocycles. The molecule has 140 valence electrons. The summed E-state index contributed by atoms with van der Waals surface area (Å²) in [5.74, 6) is 1.48. The minimum Gasteiger partial charge on any atom is -0.374 e. The van der Waals surface area contributed by atoms with E-state index >= 15 is 0 Å². The molecule has 3 rings (SSSR count). The minimum absolute atomic E-state index is 0.237. The van der Waals surface area contributed by atoms with Gasteiger partial charge in [0.15, 0.2) is 5.82 Å². The number of hydrogen-bond acceptors (Lipinski definition) is 5. The summed E-state index contributed by atoms with van der Waals surface area (Å²) in [6, 6.07) is 9.56. The van der Waals surface area contributed by atoms with Gasteiger partial charge in [-0.2, -0.15) is 0 Å². The van der Waals surface area contributed by atoms with E-state index in [-0.39, 0.29) is 11.9 Å². The van der Waals surface area contributed by atoms with Crippen molar-refractivity contribution in [3.63, 3.8) is 0 Å². The Bertz CT molecular complexity index is 736. The van der Waals surface area contributed by atoms with Crippen LogP contribution in [0.4, 0.5) is 0 Å². The maximum absolute atomic E-state index is 12.4. The average Bonchev–Trinajstić information content (AvgIpc) is 3.05. The van der Waals surface area contributed by atoms with Gasteiger partial charge >= 0.3 is 0 Å². The van der Waals surface area contributed by atoms with Gasteiger partial charge in [-0.05, 0) is 32.3 Å². The van der Waals surface area contributed by atoms with Crippen LogP contribution in [0.25, 0.3) is 0 Å². The molecule has 0 saturated heterocycles. The second-order valence-corrected chi connectivity index (χ2v) is 7.33. The van der Waals surface area contributed by atoms with Crippen molar-refractivity contribution in [3.05, 3.63) is 47.5 Å². The van der Waals surface area contributed by atoms with Gasteiger partial charge in [-0.25, -0.2) is 0 Å². The summed E-state index contributed by atoms with van der Waals surface area (Å²) < 4.78 is 7.97. The normalized spacial score (nSPS) is 15.3. The fourth-order valence-corrected chi connectivity index (χ4v) is 2.98. The van der Waals surface area contributed by atoms with Gasteiger partial charge in [0.1, 0.15) is 11.9 Å². The van der Waals surface area contributed by atoms with Crippen LogP contribution in [0.5, 0.6) is 0 Å². The number of aryl methyl sites for hydroxylation is 1. The van der Waals surface area contributed by atoms with Crippen molar-refractivity contribution in [1.29, 1.82) is 0 Å². The summed E-state index contributed by atoms with van der Waals surface area (Å²) in [6.45, 7) is 5.02. The van der Waals surface area contributed by atoms with Gasteiger partial charge in [0, 0.05) is 13.0 Å². The highest BCUT2D eigenvalue weighted by Gasteiger charge is 2.29. The molecule has 7 nitrogen and oxygen atoms in total. The Morgan fingerprint density at radius 3 is 2.81 bits per heavy atom. The van der Waals surface area contributed by atoms with Crippen molar-refractivity contribution in [2.24, 2.45) is 5.73 Å². The topological polar surface area (TPSA) is 95.1 Å². The molecule has 0 fully saturated rings. The molecule has 1 amide bonds. The first-order valence-electron chi connectivity index (χ1n) is 9.08. The first kappa shape index (κ1) is 18.5. The lowest BCUT2D eigenvalue weighted by Crippen LogP contribution is -2.51. The molecule has 7 heteroatoms. The number of hydrogen-bond donors (Lipinski definition) is 2. The summed E-state index contributed by atoms with van der Waals surface area (Å²) in [6.07, 6.45) is 3.13. The fourth-order valence-electron chi connectivity index (χ4n) is 2.98. The van der Waals surface area contributed by atoms with E-state index in [2.05, 4.69) is 20.1 Å². The first-order chi connectivity index (χ1) is 12.4. The van der Waals surface area contributed by atoms with E-state index in [9.17, 15) is 4.79 Å². The van der Waals surface area contributed by atoms with Crippen LogP contribution < -0.4 is 11.1 Å². The molecule has 0 aliphatic carbocycles. The van der Waals surface area contributed by atoms with Crippen molar-refractivity contribution >= 4 is 5.91 Å². The predicted octanol–water partition coefficient (Wildman–Crippen LogP) is 1.73. The van der Waals surface area contributed by atoms with Crippen LogP contribution in [0.1, 0.15) is 49.9 Å². The Kier molecular flexibility index (Phi) is 5.68. The molecule has 0 spiro atoms. The molecular weight excluding hydrogens is 330 g/mol. The molecule has 0 unspecified atom stereocenters. The maximum atomic E-state index is 12.4. The number of aromatic nitrogens is 3. The van der Waals surface area contributed by atoms with Crippen LogP contribution in [0.3, 0.4) is 0 Å². The molecule has 2 aromatic rings. The Hall–Kier alpha value is -2.25. The van der Waals surface area contributed by atoms with Gasteiger partial charge in [0.05, 0.1) is 18.8 Å².